The standard InChI is InChI=1S/C14H20N2O4S2/c1-21-7-6-10-2-4-11(5-3-10)15-14(18)16-12-8-22(19,20)9-13(12)17/h2-5,12-13,17H,6-9H2,1H3,(H2,15,16,18)/t12-,13-/m1/s1. The van der Waals surface area contributed by atoms with Crippen LogP contribution in [-0.4, -0.2) is 55.2 Å². The number of urea groups is 1. The second-order valence-corrected chi connectivity index (χ2v) is 8.43. The second-order valence-electron chi connectivity index (χ2n) is 5.29. The molecule has 1 aromatic carbocycles. The second kappa shape index (κ2) is 7.34. The van der Waals surface area contributed by atoms with E-state index in [1.165, 1.54) is 5.56 Å². The minimum absolute atomic E-state index is 0.227. The Balaban J connectivity index is 1.87. The number of carbonyl (C=O) groups excluding carboxylic acids is 1. The van der Waals surface area contributed by atoms with Crippen molar-refractivity contribution in [3.05, 3.63) is 29.8 Å². The molecule has 1 aliphatic rings. The van der Waals surface area contributed by atoms with Gasteiger partial charge in [0.25, 0.3) is 0 Å². The number of thioether (sulfide) groups is 1. The molecular weight excluding hydrogens is 324 g/mol. The summed E-state index contributed by atoms with van der Waals surface area (Å²) in [6, 6.07) is 6.22. The normalized spacial score (nSPS) is 23.2. The van der Waals surface area contributed by atoms with E-state index in [9.17, 15) is 18.3 Å². The molecule has 1 fully saturated rings. The number of hydrogen-bond acceptors (Lipinski definition) is 5. The monoisotopic (exact) mass is 344 g/mol. The van der Waals surface area contributed by atoms with Gasteiger partial charge in [-0.25, -0.2) is 13.2 Å². The topological polar surface area (TPSA) is 95.5 Å². The Hall–Kier alpha value is -1.25. The Bertz CT molecular complexity index is 616. The van der Waals surface area contributed by atoms with Gasteiger partial charge in [-0.15, -0.1) is 0 Å². The Labute approximate surface area is 134 Å². The van der Waals surface area contributed by atoms with Crippen molar-refractivity contribution >= 4 is 33.3 Å². The van der Waals surface area contributed by atoms with Crippen LogP contribution < -0.4 is 10.6 Å². The third-order valence-corrected chi connectivity index (χ3v) is 5.77. The molecule has 3 N–H and O–H groups in total. The Kier molecular flexibility index (Phi) is 5.71. The lowest BCUT2D eigenvalue weighted by Crippen LogP contribution is -2.44. The summed E-state index contributed by atoms with van der Waals surface area (Å²) in [5.41, 5.74) is 1.82. The summed E-state index contributed by atoms with van der Waals surface area (Å²) in [7, 11) is -3.27. The summed E-state index contributed by atoms with van der Waals surface area (Å²) in [5, 5.41) is 14.8. The highest BCUT2D eigenvalue weighted by atomic mass is 32.2. The Morgan fingerprint density at radius 3 is 2.55 bits per heavy atom. The molecular formula is C14H20N2O4S2. The van der Waals surface area contributed by atoms with E-state index in [4.69, 9.17) is 0 Å². The van der Waals surface area contributed by atoms with E-state index in [0.717, 1.165) is 12.2 Å². The van der Waals surface area contributed by atoms with E-state index in [-0.39, 0.29) is 11.5 Å². The number of nitrogens with one attached hydrogen (secondary N) is 2. The Morgan fingerprint density at radius 1 is 1.32 bits per heavy atom. The highest BCUT2D eigenvalue weighted by Crippen LogP contribution is 2.14. The summed E-state index contributed by atoms with van der Waals surface area (Å²) in [6.45, 7) is 0. The van der Waals surface area contributed by atoms with Crippen LogP contribution in [0.1, 0.15) is 5.56 Å². The molecule has 0 radical (unpaired) electrons. The molecule has 22 heavy (non-hydrogen) atoms. The summed E-state index contributed by atoms with van der Waals surface area (Å²) in [4.78, 5) is 11.9. The summed E-state index contributed by atoms with van der Waals surface area (Å²) < 4.78 is 22.8. The minimum Gasteiger partial charge on any atom is -0.390 e. The predicted molar refractivity (Wildman–Crippen MR) is 89.1 cm³/mol. The molecule has 6 nitrogen and oxygen atoms in total. The van der Waals surface area contributed by atoms with Crippen molar-refractivity contribution in [2.75, 3.05) is 28.8 Å². The highest BCUT2D eigenvalue weighted by molar-refractivity contribution is 7.98. The van der Waals surface area contributed by atoms with Crippen molar-refractivity contribution in [3.8, 4) is 0 Å². The molecule has 0 bridgehead atoms. The summed E-state index contributed by atoms with van der Waals surface area (Å²) in [6.07, 6.45) is 1.97. The first-order chi connectivity index (χ1) is 10.4. The van der Waals surface area contributed by atoms with Crippen molar-refractivity contribution in [2.24, 2.45) is 0 Å². The van der Waals surface area contributed by atoms with Crippen LogP contribution >= 0.6 is 11.8 Å². The third kappa shape index (κ3) is 4.89. The molecule has 0 aromatic heterocycles. The maximum absolute atomic E-state index is 11.9. The fraction of sp³-hybridized carbons (Fsp3) is 0.500. The third-order valence-electron chi connectivity index (χ3n) is 3.45. The van der Waals surface area contributed by atoms with Gasteiger partial charge < -0.3 is 15.7 Å². The number of sulfone groups is 1. The van der Waals surface area contributed by atoms with Crippen LogP contribution in [0.5, 0.6) is 0 Å². The lowest BCUT2D eigenvalue weighted by Gasteiger charge is -2.15. The average Bonchev–Trinajstić information content (AvgIpc) is 2.70. The molecule has 1 aromatic rings. The van der Waals surface area contributed by atoms with Crippen LogP contribution in [0, 0.1) is 0 Å². The van der Waals surface area contributed by atoms with Crippen molar-refractivity contribution in [3.63, 3.8) is 0 Å². The van der Waals surface area contributed by atoms with Gasteiger partial charge >= 0.3 is 6.03 Å². The zero-order chi connectivity index (χ0) is 16.2. The van der Waals surface area contributed by atoms with Crippen molar-refractivity contribution in [1.29, 1.82) is 0 Å². The first-order valence-electron chi connectivity index (χ1n) is 6.93. The van der Waals surface area contributed by atoms with Crippen LogP contribution in [0.3, 0.4) is 0 Å². The molecule has 2 rings (SSSR count). The maximum atomic E-state index is 11.9. The van der Waals surface area contributed by atoms with Gasteiger partial charge in [0.2, 0.25) is 0 Å². The number of aliphatic hydroxyl groups excluding tert-OH is 1. The number of benzene rings is 1. The van der Waals surface area contributed by atoms with Crippen molar-refractivity contribution < 1.29 is 18.3 Å². The van der Waals surface area contributed by atoms with Gasteiger partial charge in [0.1, 0.15) is 0 Å². The van der Waals surface area contributed by atoms with Gasteiger partial charge in [-0.2, -0.15) is 11.8 Å². The molecule has 0 aliphatic carbocycles. The molecule has 2 atom stereocenters. The molecule has 0 unspecified atom stereocenters. The fourth-order valence-corrected chi connectivity index (χ4v) is 4.46. The summed E-state index contributed by atoms with van der Waals surface area (Å²) >= 11 is 1.78. The van der Waals surface area contributed by atoms with Crippen molar-refractivity contribution in [2.45, 2.75) is 18.6 Å². The number of anilines is 1. The van der Waals surface area contributed by atoms with E-state index in [0.29, 0.717) is 5.69 Å². The van der Waals surface area contributed by atoms with Gasteiger partial charge in [-0.3, -0.25) is 0 Å². The van der Waals surface area contributed by atoms with E-state index in [2.05, 4.69) is 16.9 Å². The molecule has 1 aliphatic heterocycles. The lowest BCUT2D eigenvalue weighted by molar-refractivity contribution is 0.167. The van der Waals surface area contributed by atoms with Gasteiger partial charge in [0, 0.05) is 5.69 Å². The number of carbonyl (C=O) groups is 1. The lowest BCUT2D eigenvalue weighted by atomic mass is 10.1. The number of aryl methyl sites for hydroxylation is 1. The predicted octanol–water partition coefficient (Wildman–Crippen LogP) is 0.871. The van der Waals surface area contributed by atoms with E-state index in [1.807, 2.05) is 12.1 Å². The van der Waals surface area contributed by atoms with Gasteiger partial charge in [-0.1, -0.05) is 12.1 Å². The highest BCUT2D eigenvalue weighted by Gasteiger charge is 2.37. The zero-order valence-electron chi connectivity index (χ0n) is 12.3. The number of rotatable bonds is 5. The first kappa shape index (κ1) is 17.1. The van der Waals surface area contributed by atoms with E-state index >= 15 is 0 Å². The molecule has 0 saturated carbocycles. The van der Waals surface area contributed by atoms with Gasteiger partial charge in [-0.05, 0) is 36.1 Å². The largest absolute Gasteiger partial charge is 0.390 e. The quantitative estimate of drug-likeness (QED) is 0.737. The molecule has 0 spiro atoms. The van der Waals surface area contributed by atoms with Crippen LogP contribution in [-0.2, 0) is 16.3 Å². The van der Waals surface area contributed by atoms with Crippen LogP contribution in [0.25, 0.3) is 0 Å². The average molecular weight is 344 g/mol. The maximum Gasteiger partial charge on any atom is 0.319 e. The molecule has 2 amide bonds. The van der Waals surface area contributed by atoms with Gasteiger partial charge in [0.05, 0.1) is 23.7 Å². The van der Waals surface area contributed by atoms with Crippen LogP contribution in [0.4, 0.5) is 10.5 Å². The smallest absolute Gasteiger partial charge is 0.319 e. The molecule has 1 heterocycles. The zero-order valence-corrected chi connectivity index (χ0v) is 13.9. The van der Waals surface area contributed by atoms with Crippen molar-refractivity contribution in [1.82, 2.24) is 5.32 Å². The first-order valence-corrected chi connectivity index (χ1v) is 10.1. The SMILES string of the molecule is CSCCc1ccc(NC(=O)N[C@@H]2CS(=O)(=O)C[C@H]2O)cc1. The molecule has 122 valence electrons. The van der Waals surface area contributed by atoms with E-state index < -0.39 is 28.0 Å². The Morgan fingerprint density at radius 2 is 2.00 bits per heavy atom. The summed E-state index contributed by atoms with van der Waals surface area (Å²) in [5.74, 6) is 0.512. The minimum atomic E-state index is -3.27. The van der Waals surface area contributed by atoms with E-state index in [1.54, 1.807) is 23.9 Å². The molecule has 1 saturated heterocycles. The molecule has 8 heteroatoms. The van der Waals surface area contributed by atoms with Gasteiger partial charge in [0.15, 0.2) is 9.84 Å². The fourth-order valence-electron chi connectivity index (χ4n) is 2.28. The van der Waals surface area contributed by atoms with Crippen LogP contribution in [0.15, 0.2) is 24.3 Å². The number of amides is 2. The number of hydrogen-bond donors (Lipinski definition) is 3. The number of aliphatic hydroxyl groups is 1. The van der Waals surface area contributed by atoms with Crippen LogP contribution in [0.2, 0.25) is 0 Å².